The SMILES string of the molecule is CC(C)Nc1nnc(SC(C)C(O)c2ccc(F)cc2)s1. The molecule has 0 amide bonds. The van der Waals surface area contributed by atoms with Crippen LogP contribution in [0.25, 0.3) is 0 Å². The van der Waals surface area contributed by atoms with Crippen molar-refractivity contribution in [3.8, 4) is 0 Å². The molecule has 2 aromatic rings. The number of thioether (sulfide) groups is 1. The molecule has 0 saturated heterocycles. The molecule has 2 atom stereocenters. The Balaban J connectivity index is 1.98. The molecule has 0 radical (unpaired) electrons. The number of nitrogens with zero attached hydrogens (tertiary/aromatic N) is 2. The molecular formula is C14H18FN3OS2. The van der Waals surface area contributed by atoms with Gasteiger partial charge in [0.15, 0.2) is 4.34 Å². The first kappa shape index (κ1) is 16.2. The van der Waals surface area contributed by atoms with E-state index in [9.17, 15) is 9.50 Å². The number of hydrogen-bond acceptors (Lipinski definition) is 6. The van der Waals surface area contributed by atoms with E-state index in [0.717, 1.165) is 9.47 Å². The van der Waals surface area contributed by atoms with Crippen molar-refractivity contribution < 1.29 is 9.50 Å². The van der Waals surface area contributed by atoms with Gasteiger partial charge in [0.25, 0.3) is 0 Å². The lowest BCUT2D eigenvalue weighted by molar-refractivity contribution is 0.179. The number of halogens is 1. The fourth-order valence-electron chi connectivity index (χ4n) is 1.72. The Morgan fingerprint density at radius 2 is 1.86 bits per heavy atom. The number of aliphatic hydroxyl groups excluding tert-OH is 1. The minimum absolute atomic E-state index is 0.102. The summed E-state index contributed by atoms with van der Waals surface area (Å²) < 4.78 is 13.7. The van der Waals surface area contributed by atoms with Crippen LogP contribution in [0.2, 0.25) is 0 Å². The van der Waals surface area contributed by atoms with Crippen LogP contribution >= 0.6 is 23.1 Å². The van der Waals surface area contributed by atoms with Crippen molar-refractivity contribution in [1.29, 1.82) is 0 Å². The standard InChI is InChI=1S/C14H18FN3OS2/c1-8(2)16-13-17-18-14(21-13)20-9(3)12(19)10-4-6-11(15)7-5-10/h4-9,12,19H,1-3H3,(H,16,17). The lowest BCUT2D eigenvalue weighted by atomic mass is 10.1. The number of aromatic nitrogens is 2. The number of rotatable bonds is 6. The Morgan fingerprint density at radius 1 is 1.19 bits per heavy atom. The lowest BCUT2D eigenvalue weighted by Gasteiger charge is -2.17. The molecule has 0 fully saturated rings. The normalized spacial score (nSPS) is 14.2. The maximum absolute atomic E-state index is 12.9. The Kier molecular flexibility index (Phi) is 5.55. The number of benzene rings is 1. The molecule has 1 aromatic carbocycles. The zero-order valence-corrected chi connectivity index (χ0v) is 13.7. The van der Waals surface area contributed by atoms with Crippen LogP contribution in [0.3, 0.4) is 0 Å². The van der Waals surface area contributed by atoms with Gasteiger partial charge in [-0.3, -0.25) is 0 Å². The maximum Gasteiger partial charge on any atom is 0.206 e. The fourth-order valence-corrected chi connectivity index (χ4v) is 3.92. The third kappa shape index (κ3) is 4.66. The summed E-state index contributed by atoms with van der Waals surface area (Å²) >= 11 is 2.92. The van der Waals surface area contributed by atoms with E-state index < -0.39 is 6.10 Å². The van der Waals surface area contributed by atoms with Crippen LogP contribution in [0.1, 0.15) is 32.4 Å². The molecule has 0 aliphatic heterocycles. The summed E-state index contributed by atoms with van der Waals surface area (Å²) in [5, 5.41) is 22.3. The molecule has 2 unspecified atom stereocenters. The van der Waals surface area contributed by atoms with Gasteiger partial charge in [0.1, 0.15) is 5.82 Å². The van der Waals surface area contributed by atoms with E-state index in [2.05, 4.69) is 15.5 Å². The predicted octanol–water partition coefficient (Wildman–Crippen LogP) is 3.71. The summed E-state index contributed by atoms with van der Waals surface area (Å²) in [6.45, 7) is 5.99. The van der Waals surface area contributed by atoms with E-state index >= 15 is 0 Å². The number of hydrogen-bond donors (Lipinski definition) is 2. The lowest BCUT2D eigenvalue weighted by Crippen LogP contribution is -2.11. The van der Waals surface area contributed by atoms with Crippen LogP contribution in [-0.2, 0) is 0 Å². The predicted molar refractivity (Wildman–Crippen MR) is 85.3 cm³/mol. The molecule has 0 saturated carbocycles. The van der Waals surface area contributed by atoms with Gasteiger partial charge in [0.05, 0.1) is 6.10 Å². The van der Waals surface area contributed by atoms with Gasteiger partial charge in [0, 0.05) is 11.3 Å². The third-order valence-corrected chi connectivity index (χ3v) is 4.86. The Bertz CT molecular complexity index is 574. The van der Waals surface area contributed by atoms with Crippen LogP contribution < -0.4 is 5.32 Å². The quantitative estimate of drug-likeness (QED) is 0.792. The maximum atomic E-state index is 12.9. The van der Waals surface area contributed by atoms with Crippen molar-refractivity contribution in [1.82, 2.24) is 10.2 Å². The van der Waals surface area contributed by atoms with Gasteiger partial charge in [-0.1, -0.05) is 42.2 Å². The average Bonchev–Trinajstić information content (AvgIpc) is 2.85. The Labute approximate surface area is 131 Å². The minimum Gasteiger partial charge on any atom is -0.387 e. The third-order valence-electron chi connectivity index (χ3n) is 2.76. The molecule has 4 nitrogen and oxygen atoms in total. The van der Waals surface area contributed by atoms with Crippen LogP contribution in [-0.4, -0.2) is 26.6 Å². The topological polar surface area (TPSA) is 58.0 Å². The molecule has 1 aromatic heterocycles. The second kappa shape index (κ2) is 7.20. The first-order valence-corrected chi connectivity index (χ1v) is 8.35. The zero-order chi connectivity index (χ0) is 15.4. The van der Waals surface area contributed by atoms with Gasteiger partial charge in [0.2, 0.25) is 5.13 Å². The molecule has 0 spiro atoms. The van der Waals surface area contributed by atoms with Gasteiger partial charge in [-0.25, -0.2) is 4.39 Å². The first-order valence-electron chi connectivity index (χ1n) is 6.66. The molecule has 21 heavy (non-hydrogen) atoms. The molecule has 2 rings (SSSR count). The van der Waals surface area contributed by atoms with Gasteiger partial charge in [-0.15, -0.1) is 10.2 Å². The molecule has 7 heteroatoms. The van der Waals surface area contributed by atoms with E-state index in [0.29, 0.717) is 11.6 Å². The summed E-state index contributed by atoms with van der Waals surface area (Å²) in [5.41, 5.74) is 0.696. The minimum atomic E-state index is -0.680. The highest BCUT2D eigenvalue weighted by Gasteiger charge is 2.19. The molecule has 1 heterocycles. The summed E-state index contributed by atoms with van der Waals surface area (Å²) in [6, 6.07) is 6.21. The fraction of sp³-hybridized carbons (Fsp3) is 0.429. The largest absolute Gasteiger partial charge is 0.387 e. The molecule has 0 bridgehead atoms. The van der Waals surface area contributed by atoms with Crippen molar-refractivity contribution in [2.75, 3.05) is 5.32 Å². The highest BCUT2D eigenvalue weighted by atomic mass is 32.2. The first-order chi connectivity index (χ1) is 9.95. The van der Waals surface area contributed by atoms with Crippen molar-refractivity contribution in [3.05, 3.63) is 35.6 Å². The van der Waals surface area contributed by atoms with Crippen LogP contribution in [0.15, 0.2) is 28.6 Å². The van der Waals surface area contributed by atoms with Crippen LogP contribution in [0.5, 0.6) is 0 Å². The second-order valence-corrected chi connectivity index (χ2v) is 7.59. The van der Waals surface area contributed by atoms with Crippen molar-refractivity contribution >= 4 is 28.2 Å². The molecule has 0 aliphatic rings. The van der Waals surface area contributed by atoms with E-state index in [-0.39, 0.29) is 11.1 Å². The summed E-state index contributed by atoms with van der Waals surface area (Å²) in [5.74, 6) is -0.306. The van der Waals surface area contributed by atoms with Gasteiger partial charge in [-0.05, 0) is 31.5 Å². The summed E-state index contributed by atoms with van der Waals surface area (Å²) in [7, 11) is 0. The van der Waals surface area contributed by atoms with E-state index in [1.54, 1.807) is 12.1 Å². The van der Waals surface area contributed by atoms with Gasteiger partial charge >= 0.3 is 0 Å². The number of aliphatic hydroxyl groups is 1. The molecular weight excluding hydrogens is 309 g/mol. The monoisotopic (exact) mass is 327 g/mol. The van der Waals surface area contributed by atoms with Crippen LogP contribution in [0.4, 0.5) is 9.52 Å². The van der Waals surface area contributed by atoms with E-state index in [1.807, 2.05) is 20.8 Å². The van der Waals surface area contributed by atoms with E-state index in [4.69, 9.17) is 0 Å². The Hall–Kier alpha value is -1.18. The van der Waals surface area contributed by atoms with E-state index in [1.165, 1.54) is 35.2 Å². The molecule has 2 N–H and O–H groups in total. The summed E-state index contributed by atoms with van der Waals surface area (Å²) in [4.78, 5) is 0. The van der Waals surface area contributed by atoms with Gasteiger partial charge < -0.3 is 10.4 Å². The smallest absolute Gasteiger partial charge is 0.206 e. The van der Waals surface area contributed by atoms with Crippen molar-refractivity contribution in [2.24, 2.45) is 0 Å². The highest BCUT2D eigenvalue weighted by Crippen LogP contribution is 2.34. The highest BCUT2D eigenvalue weighted by molar-refractivity contribution is 8.01. The number of anilines is 1. The van der Waals surface area contributed by atoms with Gasteiger partial charge in [-0.2, -0.15) is 0 Å². The average molecular weight is 327 g/mol. The van der Waals surface area contributed by atoms with Crippen molar-refractivity contribution in [3.63, 3.8) is 0 Å². The molecule has 0 aliphatic carbocycles. The molecule has 114 valence electrons. The Morgan fingerprint density at radius 3 is 2.48 bits per heavy atom. The van der Waals surface area contributed by atoms with Crippen LogP contribution in [0, 0.1) is 5.82 Å². The number of nitrogens with one attached hydrogen (secondary N) is 1. The van der Waals surface area contributed by atoms with Crippen molar-refractivity contribution in [2.45, 2.75) is 42.5 Å². The second-order valence-electron chi connectivity index (χ2n) is 4.99. The zero-order valence-electron chi connectivity index (χ0n) is 12.1. The summed E-state index contributed by atoms with van der Waals surface area (Å²) in [6.07, 6.45) is -0.680.